The van der Waals surface area contributed by atoms with Crippen molar-refractivity contribution in [2.24, 2.45) is 5.41 Å². The van der Waals surface area contributed by atoms with Crippen LogP contribution in [0.4, 0.5) is 10.5 Å². The molecule has 2 amide bonds. The topological polar surface area (TPSA) is 69.6 Å². The van der Waals surface area contributed by atoms with Crippen LogP contribution in [0.15, 0.2) is 30.3 Å². The second kappa shape index (κ2) is 6.93. The van der Waals surface area contributed by atoms with Crippen molar-refractivity contribution < 1.29 is 14.7 Å². The molecular weight excluding hydrogens is 256 g/mol. The normalized spacial score (nSPS) is 13.3. The summed E-state index contributed by atoms with van der Waals surface area (Å²) < 4.78 is 0. The van der Waals surface area contributed by atoms with Crippen LogP contribution in [0, 0.1) is 5.41 Å². The Bertz CT molecular complexity index is 461. The zero-order valence-electron chi connectivity index (χ0n) is 12.2. The first-order valence-electron chi connectivity index (χ1n) is 6.78. The minimum absolute atomic E-state index is 0.112. The maximum absolute atomic E-state index is 12.2. The predicted octanol–water partition coefficient (Wildman–Crippen LogP) is 2.72. The fourth-order valence-corrected chi connectivity index (χ4v) is 1.77. The maximum atomic E-state index is 12.2. The minimum atomic E-state index is -0.939. The van der Waals surface area contributed by atoms with Gasteiger partial charge in [0.25, 0.3) is 0 Å². The number of carboxylic acid groups (broad SMARTS) is 1. The van der Waals surface area contributed by atoms with Gasteiger partial charge in [-0.25, -0.2) is 4.79 Å². The van der Waals surface area contributed by atoms with Crippen molar-refractivity contribution in [3.63, 3.8) is 0 Å². The molecule has 1 unspecified atom stereocenters. The number of nitrogens with one attached hydrogen (secondary N) is 1. The number of anilines is 1. The van der Waals surface area contributed by atoms with Gasteiger partial charge in [-0.15, -0.1) is 0 Å². The standard InChI is InChI=1S/C15H22N2O3/c1-4-15(3,13(18)19)11-16-14(20)17(5-2)12-9-7-6-8-10-12/h6-10H,4-5,11H2,1-3H3,(H,16,20)(H,18,19). The summed E-state index contributed by atoms with van der Waals surface area (Å²) >= 11 is 0. The van der Waals surface area contributed by atoms with E-state index in [1.807, 2.05) is 37.3 Å². The number of benzene rings is 1. The molecule has 5 heteroatoms. The van der Waals surface area contributed by atoms with E-state index >= 15 is 0 Å². The van der Waals surface area contributed by atoms with Crippen LogP contribution in [-0.2, 0) is 4.79 Å². The van der Waals surface area contributed by atoms with Gasteiger partial charge in [-0.05, 0) is 32.4 Å². The Kier molecular flexibility index (Phi) is 5.55. The second-order valence-electron chi connectivity index (χ2n) is 4.96. The van der Waals surface area contributed by atoms with Crippen LogP contribution < -0.4 is 10.2 Å². The third kappa shape index (κ3) is 3.73. The van der Waals surface area contributed by atoms with Gasteiger partial charge < -0.3 is 10.4 Å². The minimum Gasteiger partial charge on any atom is -0.481 e. The molecule has 110 valence electrons. The van der Waals surface area contributed by atoms with Crippen molar-refractivity contribution in [1.82, 2.24) is 5.32 Å². The number of carbonyl (C=O) groups is 2. The molecule has 0 radical (unpaired) electrons. The van der Waals surface area contributed by atoms with Gasteiger partial charge in [0.15, 0.2) is 0 Å². The Labute approximate surface area is 119 Å². The zero-order chi connectivity index (χ0) is 15.2. The van der Waals surface area contributed by atoms with Crippen LogP contribution in [0.5, 0.6) is 0 Å². The van der Waals surface area contributed by atoms with Crippen molar-refractivity contribution in [2.45, 2.75) is 27.2 Å². The van der Waals surface area contributed by atoms with Crippen LogP contribution in [0.3, 0.4) is 0 Å². The molecule has 0 spiro atoms. The number of hydrogen-bond acceptors (Lipinski definition) is 2. The van der Waals surface area contributed by atoms with Crippen molar-refractivity contribution in [2.75, 3.05) is 18.0 Å². The van der Waals surface area contributed by atoms with E-state index in [0.717, 1.165) is 5.69 Å². The zero-order valence-corrected chi connectivity index (χ0v) is 12.2. The molecule has 0 saturated carbocycles. The number of urea groups is 1. The molecule has 1 rings (SSSR count). The number of para-hydroxylation sites is 1. The van der Waals surface area contributed by atoms with Crippen LogP contribution >= 0.6 is 0 Å². The fourth-order valence-electron chi connectivity index (χ4n) is 1.77. The molecule has 0 fully saturated rings. The highest BCUT2D eigenvalue weighted by atomic mass is 16.4. The summed E-state index contributed by atoms with van der Waals surface area (Å²) in [6.45, 7) is 5.94. The number of nitrogens with zero attached hydrogens (tertiary/aromatic N) is 1. The number of carbonyl (C=O) groups excluding carboxylic acids is 1. The molecule has 2 N–H and O–H groups in total. The van der Waals surface area contributed by atoms with E-state index in [2.05, 4.69) is 5.32 Å². The highest BCUT2D eigenvalue weighted by Gasteiger charge is 2.32. The molecule has 20 heavy (non-hydrogen) atoms. The van der Waals surface area contributed by atoms with E-state index in [4.69, 9.17) is 0 Å². The molecule has 0 heterocycles. The van der Waals surface area contributed by atoms with Gasteiger partial charge in [0.1, 0.15) is 0 Å². The summed E-state index contributed by atoms with van der Waals surface area (Å²) in [5, 5.41) is 11.9. The average molecular weight is 278 g/mol. The first-order chi connectivity index (χ1) is 9.44. The molecule has 5 nitrogen and oxygen atoms in total. The van der Waals surface area contributed by atoms with E-state index in [1.54, 1.807) is 18.7 Å². The van der Waals surface area contributed by atoms with Crippen molar-refractivity contribution in [1.29, 1.82) is 0 Å². The Morgan fingerprint density at radius 3 is 2.30 bits per heavy atom. The third-order valence-corrected chi connectivity index (χ3v) is 3.56. The molecular formula is C15H22N2O3. The molecule has 0 aliphatic heterocycles. The molecule has 0 bridgehead atoms. The van der Waals surface area contributed by atoms with E-state index in [0.29, 0.717) is 13.0 Å². The maximum Gasteiger partial charge on any atom is 0.321 e. The van der Waals surface area contributed by atoms with E-state index in [1.165, 1.54) is 0 Å². The lowest BCUT2D eigenvalue weighted by atomic mass is 9.88. The number of carboxylic acids is 1. The monoisotopic (exact) mass is 278 g/mol. The van der Waals surface area contributed by atoms with Crippen LogP contribution in [0.2, 0.25) is 0 Å². The molecule has 1 aromatic carbocycles. The average Bonchev–Trinajstić information content (AvgIpc) is 2.46. The highest BCUT2D eigenvalue weighted by Crippen LogP contribution is 2.20. The first-order valence-corrected chi connectivity index (χ1v) is 6.78. The smallest absolute Gasteiger partial charge is 0.321 e. The van der Waals surface area contributed by atoms with E-state index in [-0.39, 0.29) is 12.6 Å². The SMILES string of the molecule is CCN(C(=O)NCC(C)(CC)C(=O)O)c1ccccc1. The van der Waals surface area contributed by atoms with Crippen molar-refractivity contribution >= 4 is 17.7 Å². The molecule has 1 aromatic rings. The van der Waals surface area contributed by atoms with Gasteiger partial charge in [-0.2, -0.15) is 0 Å². The Hall–Kier alpha value is -2.04. The van der Waals surface area contributed by atoms with Crippen LogP contribution in [-0.4, -0.2) is 30.2 Å². The van der Waals surface area contributed by atoms with Gasteiger partial charge in [0, 0.05) is 18.8 Å². The second-order valence-corrected chi connectivity index (χ2v) is 4.96. The molecule has 0 aromatic heterocycles. The number of amides is 2. The van der Waals surface area contributed by atoms with Gasteiger partial charge in [-0.1, -0.05) is 25.1 Å². The summed E-state index contributed by atoms with van der Waals surface area (Å²) in [5.41, 5.74) is -0.146. The summed E-state index contributed by atoms with van der Waals surface area (Å²) in [4.78, 5) is 25.0. The molecule has 0 saturated heterocycles. The van der Waals surface area contributed by atoms with Gasteiger partial charge in [-0.3, -0.25) is 9.69 Å². The Morgan fingerprint density at radius 1 is 1.25 bits per heavy atom. The summed E-state index contributed by atoms with van der Waals surface area (Å²) in [7, 11) is 0. The first kappa shape index (κ1) is 16.0. The number of hydrogen-bond donors (Lipinski definition) is 2. The van der Waals surface area contributed by atoms with Crippen molar-refractivity contribution in [3.8, 4) is 0 Å². The fraction of sp³-hybridized carbons (Fsp3) is 0.467. The third-order valence-electron chi connectivity index (χ3n) is 3.56. The lowest BCUT2D eigenvalue weighted by molar-refractivity contribution is -0.147. The van der Waals surface area contributed by atoms with Crippen LogP contribution in [0.25, 0.3) is 0 Å². The van der Waals surface area contributed by atoms with Gasteiger partial charge in [0.2, 0.25) is 0 Å². The molecule has 0 aliphatic rings. The lowest BCUT2D eigenvalue weighted by Gasteiger charge is -2.26. The predicted molar refractivity (Wildman–Crippen MR) is 78.9 cm³/mol. The summed E-state index contributed by atoms with van der Waals surface area (Å²) in [6.07, 6.45) is 0.458. The lowest BCUT2D eigenvalue weighted by Crippen LogP contribution is -2.46. The summed E-state index contributed by atoms with van der Waals surface area (Å²) in [5.74, 6) is -0.900. The summed E-state index contributed by atoms with van der Waals surface area (Å²) in [6, 6.07) is 9.02. The highest BCUT2D eigenvalue weighted by molar-refractivity contribution is 5.92. The van der Waals surface area contributed by atoms with Gasteiger partial charge in [0.05, 0.1) is 5.41 Å². The van der Waals surface area contributed by atoms with Gasteiger partial charge >= 0.3 is 12.0 Å². The Morgan fingerprint density at radius 2 is 1.85 bits per heavy atom. The quantitative estimate of drug-likeness (QED) is 0.840. The molecule has 0 aliphatic carbocycles. The Balaban J connectivity index is 2.72. The number of aliphatic carboxylic acids is 1. The van der Waals surface area contributed by atoms with Crippen LogP contribution in [0.1, 0.15) is 27.2 Å². The van der Waals surface area contributed by atoms with Crippen molar-refractivity contribution in [3.05, 3.63) is 30.3 Å². The largest absolute Gasteiger partial charge is 0.481 e. The number of rotatable bonds is 6. The van der Waals surface area contributed by atoms with E-state index < -0.39 is 11.4 Å². The molecule has 1 atom stereocenters. The van der Waals surface area contributed by atoms with E-state index in [9.17, 15) is 14.7 Å².